The molecule has 0 aromatic heterocycles. The van der Waals surface area contributed by atoms with Gasteiger partial charge in [-0.05, 0) is 49.8 Å². The second-order valence-corrected chi connectivity index (χ2v) is 8.75. The molecular formula is C23H32N2O3. The van der Waals surface area contributed by atoms with Gasteiger partial charge in [-0.3, -0.25) is 9.59 Å². The molecular weight excluding hydrogens is 352 g/mol. The van der Waals surface area contributed by atoms with Crippen molar-refractivity contribution in [1.82, 2.24) is 10.2 Å². The molecule has 1 aromatic carbocycles. The zero-order valence-corrected chi connectivity index (χ0v) is 16.9. The van der Waals surface area contributed by atoms with Gasteiger partial charge in [-0.15, -0.1) is 0 Å². The average molecular weight is 385 g/mol. The highest BCUT2D eigenvalue weighted by atomic mass is 16.5. The van der Waals surface area contributed by atoms with Crippen LogP contribution in [0.4, 0.5) is 0 Å². The van der Waals surface area contributed by atoms with Crippen molar-refractivity contribution in [2.45, 2.75) is 57.9 Å². The Hall–Kier alpha value is -1.88. The Morgan fingerprint density at radius 1 is 1.14 bits per heavy atom. The highest BCUT2D eigenvalue weighted by molar-refractivity contribution is 5.95. The van der Waals surface area contributed by atoms with E-state index in [9.17, 15) is 9.59 Å². The maximum absolute atomic E-state index is 13.2. The molecule has 1 atom stereocenters. The van der Waals surface area contributed by atoms with Gasteiger partial charge >= 0.3 is 0 Å². The lowest BCUT2D eigenvalue weighted by Crippen LogP contribution is -2.46. The number of carbonyl (C=O) groups is 2. The molecule has 0 radical (unpaired) electrons. The summed E-state index contributed by atoms with van der Waals surface area (Å²) in [5.41, 5.74) is 1.81. The fraction of sp³-hybridized carbons (Fsp3) is 0.652. The summed E-state index contributed by atoms with van der Waals surface area (Å²) < 4.78 is 5.59. The number of rotatable bonds is 4. The Labute approximate surface area is 167 Å². The van der Waals surface area contributed by atoms with Crippen LogP contribution in [-0.2, 0) is 16.0 Å². The van der Waals surface area contributed by atoms with Crippen LogP contribution in [-0.4, -0.2) is 49.1 Å². The molecule has 4 rings (SSSR count). The van der Waals surface area contributed by atoms with E-state index in [0.717, 1.165) is 37.7 Å². The molecule has 3 aliphatic rings. The first-order valence-electron chi connectivity index (χ1n) is 10.9. The lowest BCUT2D eigenvalue weighted by atomic mass is 9.71. The van der Waals surface area contributed by atoms with Crippen molar-refractivity contribution in [3.8, 4) is 0 Å². The predicted octanol–water partition coefficient (Wildman–Crippen LogP) is 3.18. The van der Waals surface area contributed by atoms with Crippen LogP contribution in [0.15, 0.2) is 24.3 Å². The monoisotopic (exact) mass is 384 g/mol. The van der Waals surface area contributed by atoms with Crippen LogP contribution in [0.3, 0.4) is 0 Å². The Morgan fingerprint density at radius 3 is 2.46 bits per heavy atom. The summed E-state index contributed by atoms with van der Waals surface area (Å²) in [4.78, 5) is 28.2. The van der Waals surface area contributed by atoms with Crippen molar-refractivity contribution >= 4 is 11.8 Å². The molecule has 1 saturated carbocycles. The van der Waals surface area contributed by atoms with Gasteiger partial charge in [-0.25, -0.2) is 0 Å². The third-order valence-electron chi connectivity index (χ3n) is 7.05. The first-order valence-corrected chi connectivity index (χ1v) is 10.9. The van der Waals surface area contributed by atoms with Crippen molar-refractivity contribution in [2.75, 3.05) is 26.3 Å². The predicted molar refractivity (Wildman–Crippen MR) is 108 cm³/mol. The van der Waals surface area contributed by atoms with Crippen LogP contribution >= 0.6 is 0 Å². The number of nitrogens with one attached hydrogen (secondary N) is 1. The van der Waals surface area contributed by atoms with Crippen molar-refractivity contribution in [1.29, 1.82) is 0 Å². The van der Waals surface area contributed by atoms with Crippen LogP contribution < -0.4 is 5.32 Å². The lowest BCUT2D eigenvalue weighted by molar-refractivity contribution is -0.130. The third-order valence-corrected chi connectivity index (χ3v) is 7.05. The van der Waals surface area contributed by atoms with Gasteiger partial charge in [0, 0.05) is 43.3 Å². The minimum Gasteiger partial charge on any atom is -0.381 e. The summed E-state index contributed by atoms with van der Waals surface area (Å²) in [7, 11) is 0. The number of carbonyl (C=O) groups excluding carboxylic acids is 2. The first kappa shape index (κ1) is 19.4. The normalized spacial score (nSPS) is 24.6. The molecule has 5 heteroatoms. The fourth-order valence-corrected chi connectivity index (χ4v) is 5.21. The molecule has 1 spiro atoms. The summed E-state index contributed by atoms with van der Waals surface area (Å²) in [6, 6.07) is 8.21. The van der Waals surface area contributed by atoms with Gasteiger partial charge in [0.05, 0.1) is 5.92 Å². The largest absolute Gasteiger partial charge is 0.381 e. The number of likely N-dealkylation sites (tertiary alicyclic amines) is 1. The maximum atomic E-state index is 13.2. The maximum Gasteiger partial charge on any atom is 0.253 e. The van der Waals surface area contributed by atoms with Gasteiger partial charge in [-0.1, -0.05) is 31.9 Å². The molecule has 2 aliphatic heterocycles. The summed E-state index contributed by atoms with van der Waals surface area (Å²) in [5, 5.41) is 3.29. The third kappa shape index (κ3) is 3.82. The van der Waals surface area contributed by atoms with Gasteiger partial charge in [0.2, 0.25) is 5.91 Å². The SMILES string of the molecule is CCc1ccc(C(=O)N2CC(C(=O)NC3CCCC3)C3(CCOCC3)C2)cc1. The minimum absolute atomic E-state index is 0.0460. The Bertz CT molecular complexity index is 703. The van der Waals surface area contributed by atoms with E-state index < -0.39 is 0 Å². The fourth-order valence-electron chi connectivity index (χ4n) is 5.21. The van der Waals surface area contributed by atoms with Crippen LogP contribution in [0.25, 0.3) is 0 Å². The van der Waals surface area contributed by atoms with Gasteiger partial charge in [-0.2, -0.15) is 0 Å². The summed E-state index contributed by atoms with van der Waals surface area (Å²) in [6.07, 6.45) is 7.25. The quantitative estimate of drug-likeness (QED) is 0.867. The topological polar surface area (TPSA) is 58.6 Å². The molecule has 0 bridgehead atoms. The number of benzene rings is 1. The molecule has 152 valence electrons. The van der Waals surface area contributed by atoms with Gasteiger partial charge in [0.25, 0.3) is 5.91 Å². The van der Waals surface area contributed by atoms with E-state index in [2.05, 4.69) is 12.2 Å². The molecule has 2 heterocycles. The van der Waals surface area contributed by atoms with Gasteiger partial charge in [0.1, 0.15) is 0 Å². The van der Waals surface area contributed by atoms with Crippen molar-refractivity contribution in [2.24, 2.45) is 11.3 Å². The second-order valence-electron chi connectivity index (χ2n) is 8.75. The summed E-state index contributed by atoms with van der Waals surface area (Å²) >= 11 is 0. The number of aryl methyl sites for hydroxylation is 1. The van der Waals surface area contributed by atoms with E-state index in [1.165, 1.54) is 18.4 Å². The van der Waals surface area contributed by atoms with Crippen LogP contribution in [0.1, 0.15) is 61.4 Å². The van der Waals surface area contributed by atoms with E-state index in [1.807, 2.05) is 29.2 Å². The van der Waals surface area contributed by atoms with E-state index in [-0.39, 0.29) is 23.1 Å². The van der Waals surface area contributed by atoms with Crippen LogP contribution in [0, 0.1) is 11.3 Å². The highest BCUT2D eigenvalue weighted by Gasteiger charge is 2.52. The van der Waals surface area contributed by atoms with Gasteiger partial charge < -0.3 is 15.0 Å². The van der Waals surface area contributed by atoms with E-state index >= 15 is 0 Å². The standard InChI is InChI=1S/C23H32N2O3/c1-2-17-7-9-18(10-8-17)22(27)25-15-20(21(26)24-19-5-3-4-6-19)23(16-25)11-13-28-14-12-23/h7-10,19-20H,2-6,11-16H2,1H3,(H,24,26). The van der Waals surface area contributed by atoms with E-state index in [1.54, 1.807) is 0 Å². The average Bonchev–Trinajstić information content (AvgIpc) is 3.36. The Morgan fingerprint density at radius 2 is 1.82 bits per heavy atom. The van der Waals surface area contributed by atoms with Crippen LogP contribution in [0.5, 0.6) is 0 Å². The molecule has 1 aliphatic carbocycles. The van der Waals surface area contributed by atoms with Crippen LogP contribution in [0.2, 0.25) is 0 Å². The Kier molecular flexibility index (Phi) is 5.72. The molecule has 28 heavy (non-hydrogen) atoms. The number of hydrogen-bond donors (Lipinski definition) is 1. The van der Waals surface area contributed by atoms with E-state index in [0.29, 0.717) is 32.3 Å². The zero-order valence-electron chi connectivity index (χ0n) is 16.9. The molecule has 5 nitrogen and oxygen atoms in total. The highest BCUT2D eigenvalue weighted by Crippen LogP contribution is 2.45. The molecule has 2 amide bonds. The number of amides is 2. The first-order chi connectivity index (χ1) is 13.6. The van der Waals surface area contributed by atoms with Crippen molar-refractivity contribution < 1.29 is 14.3 Å². The lowest BCUT2D eigenvalue weighted by Gasteiger charge is -2.37. The smallest absolute Gasteiger partial charge is 0.253 e. The van der Waals surface area contributed by atoms with Gasteiger partial charge in [0.15, 0.2) is 0 Å². The summed E-state index contributed by atoms with van der Waals surface area (Å²) in [5.74, 6) is 0.0611. The second kappa shape index (κ2) is 8.24. The number of nitrogens with zero attached hydrogens (tertiary/aromatic N) is 1. The molecule has 1 N–H and O–H groups in total. The minimum atomic E-state index is -0.139. The number of ether oxygens (including phenoxy) is 1. The van der Waals surface area contributed by atoms with E-state index in [4.69, 9.17) is 4.74 Å². The van der Waals surface area contributed by atoms with Crippen molar-refractivity contribution in [3.05, 3.63) is 35.4 Å². The van der Waals surface area contributed by atoms with Crippen molar-refractivity contribution in [3.63, 3.8) is 0 Å². The zero-order chi connectivity index (χ0) is 19.6. The number of hydrogen-bond acceptors (Lipinski definition) is 3. The molecule has 1 aromatic rings. The molecule has 3 fully saturated rings. The molecule has 1 unspecified atom stereocenters. The Balaban J connectivity index is 1.51. The summed E-state index contributed by atoms with van der Waals surface area (Å²) in [6.45, 7) is 4.65. The molecule has 2 saturated heterocycles.